The monoisotopic (exact) mass is 346 g/mol. The Kier molecular flexibility index (Phi) is 5.17. The molecule has 3 amide bonds. The molecule has 136 valence electrons. The van der Waals surface area contributed by atoms with Crippen molar-refractivity contribution in [3.8, 4) is 0 Å². The van der Waals surface area contributed by atoms with Crippen molar-refractivity contribution < 1.29 is 9.59 Å². The number of anilines is 1. The van der Waals surface area contributed by atoms with E-state index >= 15 is 0 Å². The van der Waals surface area contributed by atoms with Crippen LogP contribution < -0.4 is 16.0 Å². The van der Waals surface area contributed by atoms with Crippen LogP contribution in [0.5, 0.6) is 0 Å². The number of amides is 3. The maximum Gasteiger partial charge on any atom is 0.322 e. The van der Waals surface area contributed by atoms with Crippen LogP contribution in [0.2, 0.25) is 0 Å². The van der Waals surface area contributed by atoms with Crippen LogP contribution in [0.15, 0.2) is 12.4 Å². The summed E-state index contributed by atoms with van der Waals surface area (Å²) in [5, 5.41) is 8.31. The molecule has 3 rings (SSSR count). The highest BCUT2D eigenvalue weighted by Gasteiger charge is 2.48. The quantitative estimate of drug-likeness (QED) is 0.667. The van der Waals surface area contributed by atoms with Crippen LogP contribution in [0.4, 0.5) is 10.7 Å². The van der Waals surface area contributed by atoms with Crippen LogP contribution in [0, 0.1) is 5.92 Å². The van der Waals surface area contributed by atoms with Gasteiger partial charge >= 0.3 is 6.03 Å². The highest BCUT2D eigenvalue weighted by molar-refractivity contribution is 6.06. The van der Waals surface area contributed by atoms with Gasteiger partial charge in [0.25, 0.3) is 5.91 Å². The van der Waals surface area contributed by atoms with Gasteiger partial charge in [-0.15, -0.1) is 0 Å². The highest BCUT2D eigenvalue weighted by Crippen LogP contribution is 2.31. The Bertz CT molecular complexity index is 627. The minimum Gasteiger partial charge on any atom is -0.354 e. The van der Waals surface area contributed by atoms with Gasteiger partial charge in [-0.3, -0.25) is 15.0 Å². The topological polar surface area (TPSA) is 99.3 Å². The first-order valence-corrected chi connectivity index (χ1v) is 8.92. The van der Waals surface area contributed by atoms with Crippen molar-refractivity contribution in [2.45, 2.75) is 45.2 Å². The first kappa shape index (κ1) is 17.6. The van der Waals surface area contributed by atoms with Crippen molar-refractivity contribution in [1.29, 1.82) is 0 Å². The molecule has 25 heavy (non-hydrogen) atoms. The zero-order valence-corrected chi connectivity index (χ0v) is 14.8. The second kappa shape index (κ2) is 7.35. The second-order valence-electron chi connectivity index (χ2n) is 7.00. The van der Waals surface area contributed by atoms with Crippen LogP contribution in [-0.2, 0) is 11.3 Å². The molecule has 2 aliphatic heterocycles. The first-order chi connectivity index (χ1) is 12.0. The molecule has 8 nitrogen and oxygen atoms in total. The van der Waals surface area contributed by atoms with E-state index in [0.29, 0.717) is 5.95 Å². The molecule has 8 heteroatoms. The van der Waals surface area contributed by atoms with E-state index in [1.165, 1.54) is 0 Å². The van der Waals surface area contributed by atoms with Crippen molar-refractivity contribution in [3.05, 3.63) is 18.0 Å². The van der Waals surface area contributed by atoms with Crippen LogP contribution in [0.25, 0.3) is 0 Å². The average Bonchev–Trinajstić information content (AvgIpc) is 2.88. The lowest BCUT2D eigenvalue weighted by molar-refractivity contribution is -0.125. The number of rotatable bonds is 6. The van der Waals surface area contributed by atoms with E-state index in [9.17, 15) is 9.59 Å². The number of hydrogen-bond donors (Lipinski definition) is 3. The molecule has 2 fully saturated rings. The Hall–Kier alpha value is -2.22. The molecule has 0 aromatic carbocycles. The fourth-order valence-corrected chi connectivity index (χ4v) is 3.54. The molecule has 0 radical (unpaired) electrons. The van der Waals surface area contributed by atoms with Gasteiger partial charge in [0.05, 0.1) is 0 Å². The van der Waals surface area contributed by atoms with Crippen LogP contribution in [0.1, 0.15) is 38.7 Å². The van der Waals surface area contributed by atoms with Gasteiger partial charge in [0.1, 0.15) is 5.54 Å². The third-order valence-electron chi connectivity index (χ3n) is 5.12. The van der Waals surface area contributed by atoms with Crippen molar-refractivity contribution in [2.24, 2.45) is 5.92 Å². The minimum atomic E-state index is -0.779. The third-order valence-corrected chi connectivity index (χ3v) is 5.12. The zero-order valence-electron chi connectivity index (χ0n) is 14.8. The van der Waals surface area contributed by atoms with Gasteiger partial charge in [-0.1, -0.05) is 6.92 Å². The number of piperidine rings is 1. The second-order valence-corrected chi connectivity index (χ2v) is 7.00. The molecule has 1 atom stereocenters. The van der Waals surface area contributed by atoms with E-state index in [2.05, 4.69) is 37.7 Å². The molecule has 1 aromatic rings. The standard InChI is InChI=1S/C17H26N6O2/c1-3-6-18-15-19-9-12(10-20-15)11-23-7-4-13(5-8-23)17(2)14(24)21-16(25)22-17/h9-10,13H,3-8,11H2,1-2H3,(H,18,19,20)(H2,21,22,24,25)/t17-/m1/s1. The van der Waals surface area contributed by atoms with Crippen LogP contribution in [-0.4, -0.2) is 52.0 Å². The van der Waals surface area contributed by atoms with E-state index in [1.807, 2.05) is 19.3 Å². The first-order valence-electron chi connectivity index (χ1n) is 8.92. The van der Waals surface area contributed by atoms with E-state index in [-0.39, 0.29) is 17.9 Å². The van der Waals surface area contributed by atoms with Crippen LogP contribution >= 0.6 is 0 Å². The van der Waals surface area contributed by atoms with Gasteiger partial charge in [0.2, 0.25) is 5.95 Å². The molecule has 3 heterocycles. The number of carbonyl (C=O) groups is 2. The molecule has 2 aliphatic rings. The number of imide groups is 1. The van der Waals surface area contributed by atoms with Crippen molar-refractivity contribution in [3.63, 3.8) is 0 Å². The maximum atomic E-state index is 12.1. The molecule has 1 aromatic heterocycles. The Balaban J connectivity index is 1.51. The van der Waals surface area contributed by atoms with Gasteiger partial charge < -0.3 is 10.6 Å². The fraction of sp³-hybridized carbons (Fsp3) is 0.647. The lowest BCUT2D eigenvalue weighted by Crippen LogP contribution is -2.53. The number of hydrogen-bond acceptors (Lipinski definition) is 6. The van der Waals surface area contributed by atoms with Gasteiger partial charge in [-0.25, -0.2) is 14.8 Å². The summed E-state index contributed by atoms with van der Waals surface area (Å²) >= 11 is 0. The normalized spacial score (nSPS) is 24.9. The summed E-state index contributed by atoms with van der Waals surface area (Å²) in [4.78, 5) is 34.5. The van der Waals surface area contributed by atoms with E-state index < -0.39 is 5.54 Å². The van der Waals surface area contributed by atoms with E-state index in [1.54, 1.807) is 0 Å². The molecular weight excluding hydrogens is 320 g/mol. The van der Waals surface area contributed by atoms with E-state index in [4.69, 9.17) is 0 Å². The molecule has 0 bridgehead atoms. The largest absolute Gasteiger partial charge is 0.354 e. The zero-order chi connectivity index (χ0) is 17.9. The Labute approximate surface area is 147 Å². The average molecular weight is 346 g/mol. The predicted molar refractivity (Wildman–Crippen MR) is 93.9 cm³/mol. The van der Waals surface area contributed by atoms with Gasteiger partial charge in [0, 0.05) is 31.0 Å². The Morgan fingerprint density at radius 2 is 1.96 bits per heavy atom. The lowest BCUT2D eigenvalue weighted by atomic mass is 9.79. The molecule has 2 saturated heterocycles. The summed E-state index contributed by atoms with van der Waals surface area (Å²) in [6, 6.07) is -0.385. The number of aromatic nitrogens is 2. The maximum absolute atomic E-state index is 12.1. The fourth-order valence-electron chi connectivity index (χ4n) is 3.54. The number of likely N-dealkylation sites (tertiary alicyclic amines) is 1. The number of nitrogens with one attached hydrogen (secondary N) is 3. The summed E-state index contributed by atoms with van der Waals surface area (Å²) in [7, 11) is 0. The lowest BCUT2D eigenvalue weighted by Gasteiger charge is -2.38. The number of urea groups is 1. The van der Waals surface area contributed by atoms with Crippen molar-refractivity contribution in [1.82, 2.24) is 25.5 Å². The summed E-state index contributed by atoms with van der Waals surface area (Å²) < 4.78 is 0. The van der Waals surface area contributed by atoms with Gasteiger partial charge in [-0.2, -0.15) is 0 Å². The Morgan fingerprint density at radius 3 is 2.52 bits per heavy atom. The SMILES string of the molecule is CCCNc1ncc(CN2CCC([C@@]3(C)NC(=O)NC3=O)CC2)cn1. The van der Waals surface area contributed by atoms with Gasteiger partial charge in [0.15, 0.2) is 0 Å². The third kappa shape index (κ3) is 3.89. The number of carbonyl (C=O) groups excluding carboxylic acids is 2. The van der Waals surface area contributed by atoms with E-state index in [0.717, 1.165) is 51.0 Å². The molecular formula is C17H26N6O2. The summed E-state index contributed by atoms with van der Waals surface area (Å²) in [5.41, 5.74) is 0.303. The minimum absolute atomic E-state index is 0.159. The van der Waals surface area contributed by atoms with Crippen LogP contribution in [0.3, 0.4) is 0 Å². The molecule has 0 unspecified atom stereocenters. The molecule has 3 N–H and O–H groups in total. The molecule has 0 saturated carbocycles. The summed E-state index contributed by atoms with van der Waals surface area (Å²) in [6.07, 6.45) is 6.52. The van der Waals surface area contributed by atoms with Crippen molar-refractivity contribution >= 4 is 17.9 Å². The van der Waals surface area contributed by atoms with Crippen molar-refractivity contribution in [2.75, 3.05) is 25.0 Å². The predicted octanol–water partition coefficient (Wildman–Crippen LogP) is 1.11. The molecule has 0 spiro atoms. The summed E-state index contributed by atoms with van der Waals surface area (Å²) in [5.74, 6) is 0.617. The summed E-state index contributed by atoms with van der Waals surface area (Å²) in [6.45, 7) is 7.37. The van der Waals surface area contributed by atoms with Gasteiger partial charge in [-0.05, 0) is 45.2 Å². The Morgan fingerprint density at radius 1 is 1.28 bits per heavy atom. The molecule has 0 aliphatic carbocycles. The highest BCUT2D eigenvalue weighted by atomic mass is 16.2. The number of nitrogens with zero attached hydrogens (tertiary/aromatic N) is 3. The smallest absolute Gasteiger partial charge is 0.322 e.